The molecule has 24 heavy (non-hydrogen) atoms. The maximum absolute atomic E-state index is 12.9. The van der Waals surface area contributed by atoms with Crippen LogP contribution in [0.15, 0.2) is 59.4 Å². The molecule has 0 fully saturated rings. The Morgan fingerprint density at radius 2 is 1.71 bits per heavy atom. The van der Waals surface area contributed by atoms with E-state index in [9.17, 15) is 22.8 Å². The Hall–Kier alpha value is -2.67. The van der Waals surface area contributed by atoms with Gasteiger partial charge in [-0.1, -0.05) is 41.7 Å². The van der Waals surface area contributed by atoms with E-state index in [-0.39, 0.29) is 5.56 Å². The smallest absolute Gasteiger partial charge is 0.269 e. The van der Waals surface area contributed by atoms with Crippen molar-refractivity contribution in [3.8, 4) is 0 Å². The number of nitrogens with zero attached hydrogens (tertiary/aromatic N) is 1. The second-order valence-electron chi connectivity index (χ2n) is 4.93. The molecular formula is C17H10F3NO2S. The van der Waals surface area contributed by atoms with E-state index in [1.807, 2.05) is 0 Å². The Balaban J connectivity index is 2.00. The van der Waals surface area contributed by atoms with Crippen molar-refractivity contribution in [3.63, 3.8) is 0 Å². The van der Waals surface area contributed by atoms with Crippen LogP contribution in [-0.2, 0) is 6.18 Å². The molecule has 0 N–H and O–H groups in total. The van der Waals surface area contributed by atoms with E-state index in [1.165, 1.54) is 18.2 Å². The number of halogens is 3. The molecule has 0 unspecified atom stereocenters. The summed E-state index contributed by atoms with van der Waals surface area (Å²) < 4.78 is 40.4. The molecule has 1 aromatic heterocycles. The fourth-order valence-electron chi connectivity index (χ4n) is 2.31. The highest BCUT2D eigenvalue weighted by atomic mass is 32.1. The maximum atomic E-state index is 12.9. The lowest BCUT2D eigenvalue weighted by Gasteiger charge is -2.09. The number of allylic oxidation sites excluding steroid dienone is 1. The fourth-order valence-corrected chi connectivity index (χ4v) is 3.19. The zero-order valence-corrected chi connectivity index (χ0v) is 12.9. The summed E-state index contributed by atoms with van der Waals surface area (Å²) in [6, 6.07) is 11.7. The minimum atomic E-state index is -4.52. The van der Waals surface area contributed by atoms with Crippen molar-refractivity contribution in [1.29, 1.82) is 0 Å². The van der Waals surface area contributed by atoms with Crippen molar-refractivity contribution >= 4 is 33.5 Å². The van der Waals surface area contributed by atoms with E-state index in [0.29, 0.717) is 10.2 Å². The molecule has 0 aliphatic rings. The number of rotatable bonds is 2. The average molecular weight is 349 g/mol. The first-order valence-corrected chi connectivity index (χ1v) is 7.69. The first-order chi connectivity index (χ1) is 11.4. The number of benzene rings is 2. The molecule has 3 nitrogen and oxygen atoms in total. The maximum Gasteiger partial charge on any atom is 0.416 e. The summed E-state index contributed by atoms with van der Waals surface area (Å²) in [4.78, 5) is 23.8. The van der Waals surface area contributed by atoms with Gasteiger partial charge in [0, 0.05) is 6.08 Å². The summed E-state index contributed by atoms with van der Waals surface area (Å²) in [5.41, 5.74) is -0.534. The van der Waals surface area contributed by atoms with Gasteiger partial charge < -0.3 is 0 Å². The van der Waals surface area contributed by atoms with Gasteiger partial charge in [0.1, 0.15) is 0 Å². The number of carbonyl (C=O) groups excluding carboxylic acids is 1. The van der Waals surface area contributed by atoms with Crippen LogP contribution in [0, 0.1) is 0 Å². The van der Waals surface area contributed by atoms with Crippen LogP contribution in [0.3, 0.4) is 0 Å². The summed E-state index contributed by atoms with van der Waals surface area (Å²) in [7, 11) is 0. The lowest BCUT2D eigenvalue weighted by Crippen LogP contribution is -2.19. The van der Waals surface area contributed by atoms with Crippen molar-refractivity contribution in [3.05, 3.63) is 75.4 Å². The van der Waals surface area contributed by atoms with Crippen molar-refractivity contribution in [2.75, 3.05) is 0 Å². The molecule has 3 rings (SSSR count). The van der Waals surface area contributed by atoms with Gasteiger partial charge in [-0.25, -0.2) is 4.57 Å². The second kappa shape index (κ2) is 6.09. The molecule has 2 aromatic carbocycles. The third-order valence-corrected chi connectivity index (χ3v) is 4.30. The van der Waals surface area contributed by atoms with E-state index >= 15 is 0 Å². The molecule has 0 saturated carbocycles. The number of thiazole rings is 1. The van der Waals surface area contributed by atoms with Crippen molar-refractivity contribution in [2.45, 2.75) is 6.18 Å². The van der Waals surface area contributed by atoms with Crippen LogP contribution < -0.4 is 4.87 Å². The minimum Gasteiger partial charge on any atom is -0.269 e. The quantitative estimate of drug-likeness (QED) is 0.642. The highest BCUT2D eigenvalue weighted by molar-refractivity contribution is 7.16. The van der Waals surface area contributed by atoms with E-state index in [0.717, 1.165) is 34.1 Å². The van der Waals surface area contributed by atoms with E-state index < -0.39 is 22.5 Å². The first kappa shape index (κ1) is 16.2. The minimum absolute atomic E-state index is 0.133. The third-order valence-electron chi connectivity index (χ3n) is 3.38. The van der Waals surface area contributed by atoms with E-state index in [4.69, 9.17) is 0 Å². The molecule has 0 bridgehead atoms. The number of hydrogen-bond acceptors (Lipinski definition) is 3. The van der Waals surface area contributed by atoms with Gasteiger partial charge in [0.2, 0.25) is 0 Å². The van der Waals surface area contributed by atoms with Crippen LogP contribution >= 0.6 is 11.3 Å². The van der Waals surface area contributed by atoms with Gasteiger partial charge >= 0.3 is 11.0 Å². The predicted molar refractivity (Wildman–Crippen MR) is 87.2 cm³/mol. The largest absolute Gasteiger partial charge is 0.416 e. The molecule has 7 heteroatoms. The Bertz CT molecular complexity index is 999. The fraction of sp³-hybridized carbons (Fsp3) is 0.0588. The highest BCUT2D eigenvalue weighted by Crippen LogP contribution is 2.32. The molecule has 0 saturated heterocycles. The third kappa shape index (κ3) is 3.03. The zero-order valence-electron chi connectivity index (χ0n) is 12.1. The van der Waals surface area contributed by atoms with Gasteiger partial charge in [-0.15, -0.1) is 0 Å². The van der Waals surface area contributed by atoms with E-state index in [1.54, 1.807) is 24.3 Å². The topological polar surface area (TPSA) is 39.1 Å². The molecule has 0 radical (unpaired) electrons. The lowest BCUT2D eigenvalue weighted by molar-refractivity contribution is -0.137. The van der Waals surface area contributed by atoms with Crippen molar-refractivity contribution in [2.24, 2.45) is 0 Å². The molecule has 0 amide bonds. The van der Waals surface area contributed by atoms with Crippen LogP contribution in [0.1, 0.15) is 15.9 Å². The number of aromatic nitrogens is 1. The van der Waals surface area contributed by atoms with Crippen LogP contribution in [0.5, 0.6) is 0 Å². The normalized spacial score (nSPS) is 12.1. The molecule has 0 atom stereocenters. The van der Waals surface area contributed by atoms with Crippen LogP contribution in [0.25, 0.3) is 16.3 Å². The first-order valence-electron chi connectivity index (χ1n) is 6.87. The monoisotopic (exact) mass is 349 g/mol. The Labute approximate surface area is 138 Å². The molecule has 0 spiro atoms. The lowest BCUT2D eigenvalue weighted by atomic mass is 10.1. The summed E-state index contributed by atoms with van der Waals surface area (Å²) in [5, 5.41) is 0. The van der Waals surface area contributed by atoms with Crippen LogP contribution in [0.2, 0.25) is 0 Å². The summed E-state index contributed by atoms with van der Waals surface area (Å²) in [6.07, 6.45) is -2.47. The van der Waals surface area contributed by atoms with Gasteiger partial charge in [-0.2, -0.15) is 13.2 Å². The number of hydrogen-bond donors (Lipinski definition) is 0. The molecule has 0 aliphatic heterocycles. The van der Waals surface area contributed by atoms with Crippen LogP contribution in [0.4, 0.5) is 13.2 Å². The van der Waals surface area contributed by atoms with Gasteiger partial charge in [0.25, 0.3) is 5.91 Å². The number of alkyl halides is 3. The van der Waals surface area contributed by atoms with Crippen molar-refractivity contribution in [1.82, 2.24) is 4.57 Å². The number of carbonyl (C=O) groups is 1. The summed E-state index contributed by atoms with van der Waals surface area (Å²) in [5.74, 6) is -0.686. The standard InChI is InChI=1S/C17H10F3NO2S/c18-17(19,20)12-6-2-1-5-11(12)9-10-15(22)21-13-7-3-4-8-14(13)24-16(21)23/h1-10H. The number of para-hydroxylation sites is 1. The van der Waals surface area contributed by atoms with Crippen LogP contribution in [-0.4, -0.2) is 10.5 Å². The van der Waals surface area contributed by atoms with Gasteiger partial charge in [0.05, 0.1) is 15.8 Å². The SMILES string of the molecule is O=C(C=Cc1ccccc1C(F)(F)F)n1c(=O)sc2ccccc21. The molecule has 0 aliphatic carbocycles. The molecule has 122 valence electrons. The second-order valence-corrected chi connectivity index (χ2v) is 5.92. The predicted octanol–water partition coefficient (Wildman–Crippen LogP) is 4.44. The Morgan fingerprint density at radius 3 is 2.46 bits per heavy atom. The van der Waals surface area contributed by atoms with Gasteiger partial charge in [-0.3, -0.25) is 9.59 Å². The van der Waals surface area contributed by atoms with Gasteiger partial charge in [-0.05, 0) is 29.8 Å². The van der Waals surface area contributed by atoms with Gasteiger partial charge in [0.15, 0.2) is 0 Å². The zero-order chi connectivity index (χ0) is 17.3. The Kier molecular flexibility index (Phi) is 4.11. The van der Waals surface area contributed by atoms with E-state index in [2.05, 4.69) is 0 Å². The molecule has 3 aromatic rings. The highest BCUT2D eigenvalue weighted by Gasteiger charge is 2.32. The Morgan fingerprint density at radius 1 is 1.04 bits per heavy atom. The molecular weight excluding hydrogens is 339 g/mol. The number of fused-ring (bicyclic) bond motifs is 1. The average Bonchev–Trinajstić information content (AvgIpc) is 2.88. The molecule has 1 heterocycles. The van der Waals surface area contributed by atoms with Crippen molar-refractivity contribution < 1.29 is 18.0 Å². The summed E-state index contributed by atoms with van der Waals surface area (Å²) in [6.45, 7) is 0. The summed E-state index contributed by atoms with van der Waals surface area (Å²) >= 11 is 0.909.